The molecular weight excluding hydrogens is 222 g/mol. The average molecular weight is 227 g/mol. The van der Waals surface area contributed by atoms with E-state index in [0.717, 1.165) is 17.2 Å². The van der Waals surface area contributed by atoms with E-state index < -0.39 is 0 Å². The monoisotopic (exact) mass is 227 g/mol. The van der Waals surface area contributed by atoms with E-state index >= 15 is 0 Å². The SMILES string of the molecule is N#CC(=C=[N-])c1n[n+](-c2ccccc2)ns1. The van der Waals surface area contributed by atoms with Crippen molar-refractivity contribution in [2.45, 2.75) is 0 Å². The van der Waals surface area contributed by atoms with Crippen LogP contribution in [0.1, 0.15) is 5.01 Å². The van der Waals surface area contributed by atoms with E-state index in [1.165, 1.54) is 4.80 Å². The fourth-order valence-electron chi connectivity index (χ4n) is 1.08. The van der Waals surface area contributed by atoms with Gasteiger partial charge in [0.25, 0.3) is 5.69 Å². The van der Waals surface area contributed by atoms with Crippen LogP contribution in [0.5, 0.6) is 0 Å². The third-order valence-corrected chi connectivity index (χ3v) is 2.51. The molecule has 0 fully saturated rings. The molecule has 0 bridgehead atoms. The first-order valence-electron chi connectivity index (χ1n) is 4.34. The van der Waals surface area contributed by atoms with Gasteiger partial charge in [-0.1, -0.05) is 18.2 Å². The lowest BCUT2D eigenvalue weighted by Gasteiger charge is -1.84. The van der Waals surface area contributed by atoms with Gasteiger partial charge in [-0.3, -0.25) is 0 Å². The molecule has 0 radical (unpaired) electrons. The van der Waals surface area contributed by atoms with Crippen LogP contribution in [0.15, 0.2) is 30.3 Å². The van der Waals surface area contributed by atoms with Crippen molar-refractivity contribution in [3.63, 3.8) is 0 Å². The molecule has 1 aromatic heterocycles. The Kier molecular flexibility index (Phi) is 2.83. The quantitative estimate of drug-likeness (QED) is 0.435. The van der Waals surface area contributed by atoms with Crippen molar-refractivity contribution in [3.05, 3.63) is 40.7 Å². The van der Waals surface area contributed by atoms with Crippen LogP contribution in [-0.4, -0.2) is 15.5 Å². The highest BCUT2D eigenvalue weighted by Crippen LogP contribution is 2.09. The number of hydrogen-bond donors (Lipinski definition) is 0. The molecule has 0 amide bonds. The maximum atomic E-state index is 8.68. The number of rotatable bonds is 2. The lowest BCUT2D eigenvalue weighted by Crippen LogP contribution is -2.35. The van der Waals surface area contributed by atoms with Crippen LogP contribution >= 0.6 is 11.5 Å². The lowest BCUT2D eigenvalue weighted by molar-refractivity contribution is -0.710. The zero-order chi connectivity index (χ0) is 11.4. The van der Waals surface area contributed by atoms with Crippen LogP contribution in [0.25, 0.3) is 16.7 Å². The number of nitriles is 1. The zero-order valence-corrected chi connectivity index (χ0v) is 8.85. The van der Waals surface area contributed by atoms with Gasteiger partial charge in [-0.15, -0.1) is 0 Å². The molecule has 16 heavy (non-hydrogen) atoms. The fraction of sp³-hybridized carbons (Fsp3) is 0. The predicted molar refractivity (Wildman–Crippen MR) is 58.8 cm³/mol. The average Bonchev–Trinajstić information content (AvgIpc) is 2.81. The maximum Gasteiger partial charge on any atom is 0.269 e. The number of benzene rings is 1. The Balaban J connectivity index is 2.42. The van der Waals surface area contributed by atoms with Crippen LogP contribution in [0.3, 0.4) is 0 Å². The summed E-state index contributed by atoms with van der Waals surface area (Å²) >= 11 is 1.02. The second-order valence-electron chi connectivity index (χ2n) is 2.80. The normalized spacial score (nSPS) is 9.19. The highest BCUT2D eigenvalue weighted by atomic mass is 32.1. The molecule has 0 unspecified atom stereocenters. The fourth-order valence-corrected chi connectivity index (χ4v) is 1.66. The smallest absolute Gasteiger partial charge is 0.269 e. The van der Waals surface area contributed by atoms with Gasteiger partial charge in [0.2, 0.25) is 5.01 Å². The topological polar surface area (TPSA) is 75.8 Å². The highest BCUT2D eigenvalue weighted by molar-refractivity contribution is 7.06. The van der Waals surface area contributed by atoms with E-state index in [9.17, 15) is 0 Å². The highest BCUT2D eigenvalue weighted by Gasteiger charge is 2.16. The third-order valence-electron chi connectivity index (χ3n) is 1.81. The van der Waals surface area contributed by atoms with Crippen molar-refractivity contribution in [1.82, 2.24) is 9.59 Å². The van der Waals surface area contributed by atoms with Crippen LogP contribution < -0.4 is 4.80 Å². The molecule has 0 N–H and O–H groups in total. The number of aromatic nitrogens is 3. The first kappa shape index (κ1) is 10.2. The van der Waals surface area contributed by atoms with Gasteiger partial charge < -0.3 is 5.41 Å². The molecule has 2 rings (SSSR count). The minimum absolute atomic E-state index is 0.0211. The summed E-state index contributed by atoms with van der Waals surface area (Å²) in [7, 11) is 0. The lowest BCUT2D eigenvalue weighted by atomic mass is 10.3. The Morgan fingerprint density at radius 3 is 2.75 bits per heavy atom. The largest absolute Gasteiger partial charge is 0.762 e. The summed E-state index contributed by atoms with van der Waals surface area (Å²) in [6, 6.07) is 11.1. The molecule has 0 aliphatic rings. The van der Waals surface area contributed by atoms with Gasteiger partial charge in [0.1, 0.15) is 11.6 Å². The molecule has 2 aromatic rings. The van der Waals surface area contributed by atoms with Crippen molar-refractivity contribution in [1.29, 1.82) is 5.26 Å². The molecule has 6 heteroatoms. The number of hydrogen-bond acceptors (Lipinski definition) is 4. The molecule has 1 heterocycles. The van der Waals surface area contributed by atoms with Crippen LogP contribution in [0.2, 0.25) is 0 Å². The Labute approximate surface area is 95.6 Å². The van der Waals surface area contributed by atoms with Gasteiger partial charge >= 0.3 is 0 Å². The summed E-state index contributed by atoms with van der Waals surface area (Å²) in [5.74, 6) is 1.78. The zero-order valence-electron chi connectivity index (χ0n) is 8.03. The summed E-state index contributed by atoms with van der Waals surface area (Å²) in [6.45, 7) is 0. The van der Waals surface area contributed by atoms with Gasteiger partial charge in [0, 0.05) is 17.2 Å². The van der Waals surface area contributed by atoms with Crippen LogP contribution in [-0.2, 0) is 0 Å². The Morgan fingerprint density at radius 2 is 2.12 bits per heavy atom. The van der Waals surface area contributed by atoms with Crippen molar-refractivity contribution in [2.75, 3.05) is 0 Å². The Bertz CT molecular complexity index is 589. The molecule has 0 aliphatic carbocycles. The summed E-state index contributed by atoms with van der Waals surface area (Å²) in [5.41, 5.74) is 0.771. The molecule has 1 aromatic carbocycles. The van der Waals surface area contributed by atoms with E-state index in [4.69, 9.17) is 10.7 Å². The molecule has 76 valence electrons. The van der Waals surface area contributed by atoms with E-state index in [1.807, 2.05) is 30.3 Å². The van der Waals surface area contributed by atoms with Gasteiger partial charge in [-0.2, -0.15) is 5.26 Å². The van der Waals surface area contributed by atoms with E-state index in [-0.39, 0.29) is 5.57 Å². The predicted octanol–water partition coefficient (Wildman–Crippen LogP) is 0.961. The molecule has 0 atom stereocenters. The molecular formula is C10H5N5S. The van der Waals surface area contributed by atoms with E-state index in [0.29, 0.717) is 5.01 Å². The van der Waals surface area contributed by atoms with Crippen molar-refractivity contribution >= 4 is 23.0 Å². The Morgan fingerprint density at radius 1 is 1.38 bits per heavy atom. The van der Waals surface area contributed by atoms with Crippen LogP contribution in [0.4, 0.5) is 0 Å². The minimum atomic E-state index is -0.0211. The van der Waals surface area contributed by atoms with Crippen molar-refractivity contribution in [3.8, 4) is 11.8 Å². The standard InChI is InChI=1S/C10H5N5S/c11-6-8(7-12)10-13-15(14-16-10)9-4-2-1-3-5-9/h1-5H. The van der Waals surface area contributed by atoms with Crippen molar-refractivity contribution < 1.29 is 4.80 Å². The molecule has 5 nitrogen and oxygen atoms in total. The van der Waals surface area contributed by atoms with Crippen LogP contribution in [0, 0.1) is 11.3 Å². The Hall–Kier alpha value is -2.35. The maximum absolute atomic E-state index is 8.68. The number of para-hydroxylation sites is 1. The first-order valence-corrected chi connectivity index (χ1v) is 5.12. The summed E-state index contributed by atoms with van der Waals surface area (Å²) in [6.07, 6.45) is 0. The van der Waals surface area contributed by atoms with Gasteiger partial charge in [0.05, 0.1) is 20.8 Å². The number of nitrogens with zero attached hydrogens (tertiary/aromatic N) is 5. The first-order chi connectivity index (χ1) is 7.85. The van der Waals surface area contributed by atoms with Gasteiger partial charge in [0.15, 0.2) is 0 Å². The summed E-state index contributed by atoms with van der Waals surface area (Å²) in [4.78, 5) is 1.40. The van der Waals surface area contributed by atoms with Gasteiger partial charge in [-0.25, -0.2) is 5.87 Å². The van der Waals surface area contributed by atoms with Crippen molar-refractivity contribution in [2.24, 2.45) is 0 Å². The second-order valence-corrected chi connectivity index (χ2v) is 3.53. The molecule has 0 spiro atoms. The summed E-state index contributed by atoms with van der Waals surface area (Å²) in [5, 5.41) is 21.8. The van der Waals surface area contributed by atoms with E-state index in [2.05, 4.69) is 9.59 Å². The molecule has 0 saturated heterocycles. The molecule has 0 aliphatic heterocycles. The summed E-state index contributed by atoms with van der Waals surface area (Å²) < 4.78 is 4.03. The molecule has 0 saturated carbocycles. The van der Waals surface area contributed by atoms with Gasteiger partial charge in [-0.05, 0) is 0 Å². The minimum Gasteiger partial charge on any atom is -0.762 e. The second kappa shape index (κ2) is 4.45. The number of allylic oxidation sites excluding steroid dienone is 1. The third kappa shape index (κ3) is 1.86. The van der Waals surface area contributed by atoms with E-state index in [1.54, 1.807) is 11.9 Å².